The molecule has 0 unspecified atom stereocenters. The third-order valence-electron chi connectivity index (χ3n) is 5.37. The van der Waals surface area contributed by atoms with Crippen molar-refractivity contribution in [2.24, 2.45) is 5.92 Å². The summed E-state index contributed by atoms with van der Waals surface area (Å²) in [6.45, 7) is 5.71. The third-order valence-corrected chi connectivity index (χ3v) is 5.37. The number of benzene rings is 1. The highest BCUT2D eigenvalue weighted by Gasteiger charge is 2.29. The lowest BCUT2D eigenvalue weighted by molar-refractivity contribution is 0.0102. The average Bonchev–Trinajstić information content (AvgIpc) is 2.69. The normalized spacial score (nSPS) is 23.2. The highest BCUT2D eigenvalue weighted by atomic mass is 16.5. The molecule has 1 N–H and O–H groups in total. The number of carbonyl (C=O) groups excluding carboxylic acids is 1. The van der Waals surface area contributed by atoms with Crippen molar-refractivity contribution in [1.29, 1.82) is 0 Å². The molecule has 5 nitrogen and oxygen atoms in total. The van der Waals surface area contributed by atoms with Crippen molar-refractivity contribution in [1.82, 2.24) is 10.2 Å². The molecular formula is C20H30N2O3. The smallest absolute Gasteiger partial charge is 0.318 e. The van der Waals surface area contributed by atoms with E-state index in [1.165, 1.54) is 5.56 Å². The topological polar surface area (TPSA) is 50.8 Å². The Labute approximate surface area is 150 Å². The van der Waals surface area contributed by atoms with Gasteiger partial charge in [-0.25, -0.2) is 4.79 Å². The van der Waals surface area contributed by atoms with Crippen LogP contribution < -0.4 is 5.32 Å². The van der Waals surface area contributed by atoms with Crippen LogP contribution in [0.2, 0.25) is 0 Å². The molecule has 25 heavy (non-hydrogen) atoms. The standard InChI is InChI=1S/C20H30N2O3/c1-2-18-15-25-13-10-22(18)20(23)21-19(17-6-4-3-5-7-17)14-16-8-11-24-12-9-16/h3-7,16,18-19H,2,8-15H2,1H3,(H,21,23)/t18-,19-/m0/s1. The Morgan fingerprint density at radius 3 is 2.68 bits per heavy atom. The second kappa shape index (κ2) is 9.20. The van der Waals surface area contributed by atoms with Crippen LogP contribution in [0.25, 0.3) is 0 Å². The maximum absolute atomic E-state index is 12.9. The van der Waals surface area contributed by atoms with Gasteiger partial charge in [0.25, 0.3) is 0 Å². The summed E-state index contributed by atoms with van der Waals surface area (Å²) in [5.41, 5.74) is 1.18. The molecule has 0 saturated carbocycles. The van der Waals surface area contributed by atoms with Crippen LogP contribution in [-0.2, 0) is 9.47 Å². The number of urea groups is 1. The fraction of sp³-hybridized carbons (Fsp3) is 0.650. The van der Waals surface area contributed by atoms with Gasteiger partial charge >= 0.3 is 6.03 Å². The maximum atomic E-state index is 12.9. The minimum atomic E-state index is 0.0380. The first kappa shape index (κ1) is 18.2. The van der Waals surface area contributed by atoms with Crippen LogP contribution in [0.15, 0.2) is 30.3 Å². The Balaban J connectivity index is 1.69. The molecule has 138 valence electrons. The number of hydrogen-bond acceptors (Lipinski definition) is 3. The van der Waals surface area contributed by atoms with Crippen LogP contribution in [0.3, 0.4) is 0 Å². The van der Waals surface area contributed by atoms with Crippen LogP contribution in [0.4, 0.5) is 4.79 Å². The number of amides is 2. The summed E-state index contributed by atoms with van der Waals surface area (Å²) in [6, 6.07) is 10.6. The summed E-state index contributed by atoms with van der Waals surface area (Å²) in [5, 5.41) is 3.31. The van der Waals surface area contributed by atoms with E-state index >= 15 is 0 Å². The van der Waals surface area contributed by atoms with Crippen molar-refractivity contribution in [3.8, 4) is 0 Å². The van der Waals surface area contributed by atoms with Crippen molar-refractivity contribution < 1.29 is 14.3 Å². The van der Waals surface area contributed by atoms with E-state index in [1.807, 2.05) is 23.1 Å². The zero-order valence-electron chi connectivity index (χ0n) is 15.2. The van der Waals surface area contributed by atoms with Crippen molar-refractivity contribution in [2.45, 2.75) is 44.7 Å². The van der Waals surface area contributed by atoms with E-state index in [0.717, 1.165) is 38.9 Å². The minimum Gasteiger partial charge on any atom is -0.381 e. The van der Waals surface area contributed by atoms with Crippen molar-refractivity contribution >= 4 is 6.03 Å². The summed E-state index contributed by atoms with van der Waals surface area (Å²) in [6.07, 6.45) is 4.05. The fourth-order valence-electron chi connectivity index (χ4n) is 3.77. The molecule has 2 amide bonds. The molecule has 0 radical (unpaired) electrons. The second-order valence-corrected chi connectivity index (χ2v) is 7.03. The Morgan fingerprint density at radius 2 is 1.96 bits per heavy atom. The Morgan fingerprint density at radius 1 is 1.20 bits per heavy atom. The number of morpholine rings is 1. The largest absolute Gasteiger partial charge is 0.381 e. The summed E-state index contributed by atoms with van der Waals surface area (Å²) >= 11 is 0. The van der Waals surface area contributed by atoms with Gasteiger partial charge in [0.05, 0.1) is 25.3 Å². The molecule has 0 spiro atoms. The molecule has 0 aliphatic carbocycles. The van der Waals surface area contributed by atoms with E-state index in [0.29, 0.717) is 25.7 Å². The lowest BCUT2D eigenvalue weighted by Gasteiger charge is -2.37. The zero-order chi connectivity index (χ0) is 17.5. The molecule has 2 saturated heterocycles. The number of ether oxygens (including phenoxy) is 2. The molecule has 2 aliphatic rings. The molecule has 0 aromatic heterocycles. The monoisotopic (exact) mass is 346 g/mol. The van der Waals surface area contributed by atoms with E-state index in [-0.39, 0.29) is 18.1 Å². The third kappa shape index (κ3) is 4.95. The van der Waals surface area contributed by atoms with Gasteiger partial charge in [0.2, 0.25) is 0 Å². The van der Waals surface area contributed by atoms with Gasteiger partial charge in [-0.3, -0.25) is 0 Å². The lowest BCUT2D eigenvalue weighted by Crippen LogP contribution is -2.53. The SMILES string of the molecule is CC[C@H]1COCCN1C(=O)N[C@@H](CC1CCOCC1)c1ccccc1. The molecule has 2 fully saturated rings. The van der Waals surface area contributed by atoms with E-state index in [1.54, 1.807) is 0 Å². The number of hydrogen-bond donors (Lipinski definition) is 1. The molecule has 2 heterocycles. The van der Waals surface area contributed by atoms with Gasteiger partial charge in [0.15, 0.2) is 0 Å². The molecule has 3 rings (SSSR count). The van der Waals surface area contributed by atoms with Crippen LogP contribution in [0.1, 0.15) is 44.2 Å². The van der Waals surface area contributed by atoms with E-state index in [4.69, 9.17) is 9.47 Å². The van der Waals surface area contributed by atoms with Gasteiger partial charge in [-0.15, -0.1) is 0 Å². The van der Waals surface area contributed by atoms with Gasteiger partial charge in [-0.2, -0.15) is 0 Å². The van der Waals surface area contributed by atoms with Gasteiger partial charge in [0.1, 0.15) is 0 Å². The summed E-state index contributed by atoms with van der Waals surface area (Å²) in [5.74, 6) is 0.603. The Hall–Kier alpha value is -1.59. The van der Waals surface area contributed by atoms with E-state index < -0.39 is 0 Å². The number of nitrogens with zero attached hydrogens (tertiary/aromatic N) is 1. The lowest BCUT2D eigenvalue weighted by atomic mass is 9.89. The number of rotatable bonds is 5. The predicted molar refractivity (Wildman–Crippen MR) is 97.5 cm³/mol. The summed E-state index contributed by atoms with van der Waals surface area (Å²) < 4.78 is 11.0. The predicted octanol–water partition coefficient (Wildman–Crippen LogP) is 3.36. The first-order valence-corrected chi connectivity index (χ1v) is 9.55. The molecule has 2 atom stereocenters. The molecular weight excluding hydrogens is 316 g/mol. The molecule has 1 aromatic carbocycles. The summed E-state index contributed by atoms with van der Waals surface area (Å²) in [7, 11) is 0. The van der Waals surface area contributed by atoms with Crippen molar-refractivity contribution in [2.75, 3.05) is 33.0 Å². The van der Waals surface area contributed by atoms with Gasteiger partial charge in [-0.1, -0.05) is 37.3 Å². The van der Waals surface area contributed by atoms with E-state index in [9.17, 15) is 4.79 Å². The number of carbonyl (C=O) groups is 1. The van der Waals surface area contributed by atoms with Crippen LogP contribution in [-0.4, -0.2) is 49.9 Å². The minimum absolute atomic E-state index is 0.0380. The van der Waals surface area contributed by atoms with Crippen LogP contribution in [0.5, 0.6) is 0 Å². The molecule has 0 bridgehead atoms. The first-order valence-electron chi connectivity index (χ1n) is 9.55. The average molecular weight is 346 g/mol. The summed E-state index contributed by atoms with van der Waals surface area (Å²) in [4.78, 5) is 14.9. The Bertz CT molecular complexity index is 531. The molecule has 5 heteroatoms. The maximum Gasteiger partial charge on any atom is 0.318 e. The molecule has 1 aromatic rings. The highest BCUT2D eigenvalue weighted by molar-refractivity contribution is 5.75. The van der Waals surface area contributed by atoms with Gasteiger partial charge < -0.3 is 19.7 Å². The van der Waals surface area contributed by atoms with Crippen molar-refractivity contribution in [3.63, 3.8) is 0 Å². The fourth-order valence-corrected chi connectivity index (χ4v) is 3.77. The zero-order valence-corrected chi connectivity index (χ0v) is 15.2. The van der Waals surface area contributed by atoms with Crippen LogP contribution >= 0.6 is 0 Å². The second-order valence-electron chi connectivity index (χ2n) is 7.03. The Kier molecular flexibility index (Phi) is 6.70. The number of nitrogens with one attached hydrogen (secondary N) is 1. The highest BCUT2D eigenvalue weighted by Crippen LogP contribution is 2.28. The quantitative estimate of drug-likeness (QED) is 0.889. The van der Waals surface area contributed by atoms with Crippen molar-refractivity contribution in [3.05, 3.63) is 35.9 Å². The van der Waals surface area contributed by atoms with Gasteiger partial charge in [0, 0.05) is 19.8 Å². The van der Waals surface area contributed by atoms with Crippen LogP contribution in [0, 0.1) is 5.92 Å². The van der Waals surface area contributed by atoms with Gasteiger partial charge in [-0.05, 0) is 37.2 Å². The first-order chi connectivity index (χ1) is 12.3. The molecule has 2 aliphatic heterocycles. The van der Waals surface area contributed by atoms with E-state index in [2.05, 4.69) is 24.4 Å².